The maximum atomic E-state index is 13.0. The third kappa shape index (κ3) is 5.53. The van der Waals surface area contributed by atoms with Crippen LogP contribution in [0.15, 0.2) is 42.7 Å². The number of rotatable bonds is 5. The van der Waals surface area contributed by atoms with E-state index in [1.54, 1.807) is 12.1 Å². The number of anilines is 1. The van der Waals surface area contributed by atoms with E-state index < -0.39 is 0 Å². The number of likely N-dealkylation sites (tertiary alicyclic amines) is 2. The molecule has 0 radical (unpaired) electrons. The number of phenolic OH excluding ortho intramolecular Hbond substituents is 1. The number of amides is 1. The monoisotopic (exact) mass is 583 g/mol. The van der Waals surface area contributed by atoms with E-state index in [0.717, 1.165) is 49.7 Å². The van der Waals surface area contributed by atoms with E-state index in [0.29, 0.717) is 60.5 Å². The maximum absolute atomic E-state index is 13.0. The summed E-state index contributed by atoms with van der Waals surface area (Å²) in [5, 5.41) is 23.4. The number of carbonyl (C=O) groups excluding carboxylic acids is 2. The lowest BCUT2D eigenvalue weighted by molar-refractivity contribution is -0.140. The van der Waals surface area contributed by atoms with Crippen molar-refractivity contribution in [3.8, 4) is 28.1 Å². The van der Waals surface area contributed by atoms with Crippen molar-refractivity contribution in [2.24, 2.45) is 11.3 Å². The van der Waals surface area contributed by atoms with Gasteiger partial charge in [-0.1, -0.05) is 12.1 Å². The number of nitrogens with two attached hydrogens (primary N) is 1. The van der Waals surface area contributed by atoms with E-state index in [9.17, 15) is 14.7 Å². The lowest BCUT2D eigenvalue weighted by Crippen LogP contribution is -2.61. The zero-order chi connectivity index (χ0) is 29.6. The average Bonchev–Trinajstić information content (AvgIpc) is 3.51. The lowest BCUT2D eigenvalue weighted by Gasteiger charge is -2.57. The number of benzene rings is 1. The number of ketones is 1. The first-order chi connectivity index (χ1) is 20.9. The minimum absolute atomic E-state index is 0.143. The largest absolute Gasteiger partial charge is 0.507 e. The van der Waals surface area contributed by atoms with Crippen LogP contribution in [0.3, 0.4) is 0 Å². The molecule has 0 unspecified atom stereocenters. The number of nitrogen functional groups attached to an aromatic ring is 1. The molecule has 43 heavy (non-hydrogen) atoms. The molecule has 3 aromatic rings. The summed E-state index contributed by atoms with van der Waals surface area (Å²) in [5.74, 6) is 1.21. The second-order valence-electron chi connectivity index (χ2n) is 13.3. The zero-order valence-electron chi connectivity index (χ0n) is 24.7. The Morgan fingerprint density at radius 1 is 0.930 bits per heavy atom. The predicted octanol–water partition coefficient (Wildman–Crippen LogP) is 4.46. The molecule has 2 aliphatic heterocycles. The van der Waals surface area contributed by atoms with Crippen LogP contribution < -0.4 is 5.73 Å². The van der Waals surface area contributed by atoms with E-state index in [1.165, 1.54) is 25.9 Å². The van der Waals surface area contributed by atoms with Crippen LogP contribution in [0.4, 0.5) is 5.82 Å². The molecule has 10 heteroatoms. The molecular weight excluding hydrogens is 542 g/mol. The number of para-hydroxylation sites is 1. The molecule has 2 saturated heterocycles. The van der Waals surface area contributed by atoms with Crippen molar-refractivity contribution in [3.05, 3.63) is 42.7 Å². The molecule has 2 aromatic heterocycles. The number of hydrogen-bond acceptors (Lipinski definition) is 8. The Kier molecular flexibility index (Phi) is 7.41. The summed E-state index contributed by atoms with van der Waals surface area (Å²) in [4.78, 5) is 29.1. The summed E-state index contributed by atoms with van der Waals surface area (Å²) in [6.07, 6.45) is 13.8. The van der Waals surface area contributed by atoms with Gasteiger partial charge in [-0.15, -0.1) is 10.2 Å². The standard InChI is InChI=1S/C33H41N7O3/c34-31-28(17-29(36-37-31)27-3-1-2-4-30(27)42)23-18-35-40(19-23)25-9-13-33(14-10-25)20-39(21-33)24-7-5-22(6-8-24)32(43)38-15-11-26(41)12-16-38/h1-4,17-19,22,24-25,42H,5-16,20-21H2,(H2,34,37). The van der Waals surface area contributed by atoms with E-state index in [1.807, 2.05) is 29.3 Å². The maximum Gasteiger partial charge on any atom is 0.225 e. The highest BCUT2D eigenvalue weighted by Crippen LogP contribution is 2.49. The van der Waals surface area contributed by atoms with Crippen LogP contribution in [-0.2, 0) is 9.59 Å². The van der Waals surface area contributed by atoms with Gasteiger partial charge in [-0.05, 0) is 75.0 Å². The Hall–Kier alpha value is -3.79. The molecule has 226 valence electrons. The van der Waals surface area contributed by atoms with Crippen LogP contribution >= 0.6 is 0 Å². The van der Waals surface area contributed by atoms with Crippen molar-refractivity contribution in [1.82, 2.24) is 29.8 Å². The number of piperidine rings is 1. The molecule has 0 bridgehead atoms. The molecule has 3 N–H and O–H groups in total. The Labute approximate surface area is 252 Å². The smallest absolute Gasteiger partial charge is 0.225 e. The first-order valence-corrected chi connectivity index (χ1v) is 15.9. The van der Waals surface area contributed by atoms with Gasteiger partial charge in [0.1, 0.15) is 11.5 Å². The van der Waals surface area contributed by atoms with Gasteiger partial charge >= 0.3 is 0 Å². The van der Waals surface area contributed by atoms with Gasteiger partial charge in [0.2, 0.25) is 5.91 Å². The molecule has 2 aliphatic carbocycles. The molecule has 1 amide bonds. The van der Waals surface area contributed by atoms with E-state index in [4.69, 9.17) is 10.8 Å². The highest BCUT2D eigenvalue weighted by atomic mass is 16.3. The van der Waals surface area contributed by atoms with Gasteiger partial charge in [-0.3, -0.25) is 19.2 Å². The molecule has 4 aliphatic rings. The first-order valence-electron chi connectivity index (χ1n) is 15.9. The summed E-state index contributed by atoms with van der Waals surface area (Å²) in [7, 11) is 0. The van der Waals surface area contributed by atoms with Crippen molar-refractivity contribution >= 4 is 17.5 Å². The summed E-state index contributed by atoms with van der Waals surface area (Å²) in [5.41, 5.74) is 9.50. The van der Waals surface area contributed by atoms with E-state index >= 15 is 0 Å². The number of nitrogens with zero attached hydrogens (tertiary/aromatic N) is 6. The summed E-state index contributed by atoms with van der Waals surface area (Å²) < 4.78 is 2.09. The SMILES string of the molecule is Nc1nnc(-c2ccccc2O)cc1-c1cnn(C2CCC3(CC2)CN(C2CCC(C(=O)N4CCC(=O)CC4)CC2)C3)c1. The van der Waals surface area contributed by atoms with Crippen LogP contribution in [-0.4, -0.2) is 78.8 Å². The van der Waals surface area contributed by atoms with Gasteiger partial charge in [0.15, 0.2) is 5.82 Å². The van der Waals surface area contributed by atoms with Crippen LogP contribution in [0.5, 0.6) is 5.75 Å². The summed E-state index contributed by atoms with van der Waals surface area (Å²) in [6.45, 7) is 3.58. The quantitative estimate of drug-likeness (QED) is 0.450. The van der Waals surface area contributed by atoms with Gasteiger partial charge < -0.3 is 15.7 Å². The molecule has 1 aromatic carbocycles. The van der Waals surface area contributed by atoms with Crippen molar-refractivity contribution < 1.29 is 14.7 Å². The van der Waals surface area contributed by atoms with Crippen LogP contribution in [0, 0.1) is 11.3 Å². The molecule has 0 atom stereocenters. The minimum atomic E-state index is 0.143. The van der Waals surface area contributed by atoms with Gasteiger partial charge in [0.05, 0.1) is 17.9 Å². The van der Waals surface area contributed by atoms with E-state index in [2.05, 4.69) is 26.0 Å². The number of aromatic nitrogens is 4. The fourth-order valence-corrected chi connectivity index (χ4v) is 7.92. The first kappa shape index (κ1) is 28.0. The Morgan fingerprint density at radius 2 is 1.65 bits per heavy atom. The second kappa shape index (κ2) is 11.4. The average molecular weight is 584 g/mol. The molecule has 2 saturated carbocycles. The Morgan fingerprint density at radius 3 is 2.37 bits per heavy atom. The second-order valence-corrected chi connectivity index (χ2v) is 13.3. The van der Waals surface area contributed by atoms with Crippen molar-refractivity contribution in [1.29, 1.82) is 0 Å². The van der Waals surface area contributed by atoms with Crippen molar-refractivity contribution in [2.45, 2.75) is 76.3 Å². The molecule has 1 spiro atoms. The zero-order valence-corrected chi connectivity index (χ0v) is 24.7. The molecule has 7 rings (SSSR count). The fourth-order valence-electron chi connectivity index (χ4n) is 7.92. The number of aromatic hydroxyl groups is 1. The van der Waals surface area contributed by atoms with Crippen molar-refractivity contribution in [2.75, 3.05) is 31.9 Å². The Balaban J connectivity index is 0.912. The van der Waals surface area contributed by atoms with Gasteiger partial charge in [-0.25, -0.2) is 0 Å². The molecule has 4 heterocycles. The van der Waals surface area contributed by atoms with Crippen LogP contribution in [0.2, 0.25) is 0 Å². The molecule has 10 nitrogen and oxygen atoms in total. The number of carbonyl (C=O) groups is 2. The van der Waals surface area contributed by atoms with Crippen LogP contribution in [0.25, 0.3) is 22.4 Å². The number of Topliss-reactive ketones (excluding diaryl/α,β-unsaturated/α-hetero) is 1. The predicted molar refractivity (Wildman–Crippen MR) is 163 cm³/mol. The number of hydrogen-bond donors (Lipinski definition) is 2. The summed E-state index contributed by atoms with van der Waals surface area (Å²) >= 11 is 0. The normalized spacial score (nSPS) is 24.7. The topological polar surface area (TPSA) is 130 Å². The fraction of sp³-hybridized carbons (Fsp3) is 0.545. The van der Waals surface area contributed by atoms with Gasteiger partial charge in [-0.2, -0.15) is 5.10 Å². The Bertz CT molecular complexity index is 1490. The van der Waals surface area contributed by atoms with Gasteiger partial charge in [0.25, 0.3) is 0 Å². The molecule has 4 fully saturated rings. The van der Waals surface area contributed by atoms with Crippen LogP contribution in [0.1, 0.15) is 70.3 Å². The van der Waals surface area contributed by atoms with Gasteiger partial charge in [0, 0.05) is 73.9 Å². The highest BCUT2D eigenvalue weighted by Gasteiger charge is 2.48. The third-order valence-electron chi connectivity index (χ3n) is 10.6. The summed E-state index contributed by atoms with van der Waals surface area (Å²) in [6, 6.07) is 9.93. The highest BCUT2D eigenvalue weighted by molar-refractivity contribution is 5.84. The number of phenols is 1. The van der Waals surface area contributed by atoms with Crippen molar-refractivity contribution in [3.63, 3.8) is 0 Å². The van der Waals surface area contributed by atoms with E-state index in [-0.39, 0.29) is 23.4 Å². The lowest BCUT2D eigenvalue weighted by atomic mass is 9.66. The third-order valence-corrected chi connectivity index (χ3v) is 10.6. The molecular formula is C33H41N7O3. The minimum Gasteiger partial charge on any atom is -0.507 e.